The number of hydrogen-bond acceptors (Lipinski definition) is 4. The van der Waals surface area contributed by atoms with Gasteiger partial charge in [0.1, 0.15) is 22.5 Å². The summed E-state index contributed by atoms with van der Waals surface area (Å²) in [6.45, 7) is 0.226. The van der Waals surface area contributed by atoms with Gasteiger partial charge in [-0.1, -0.05) is 66.4 Å². The maximum atomic E-state index is 13.4. The molecule has 4 rings (SSSR count). The van der Waals surface area contributed by atoms with Crippen molar-refractivity contribution in [1.82, 2.24) is 5.32 Å². The summed E-state index contributed by atoms with van der Waals surface area (Å²) in [6.07, 6.45) is 1.79. The number of fused-ring (bicyclic) bond motifs is 1. The van der Waals surface area contributed by atoms with Gasteiger partial charge < -0.3 is 10.1 Å². The van der Waals surface area contributed by atoms with Crippen molar-refractivity contribution in [3.05, 3.63) is 82.5 Å². The van der Waals surface area contributed by atoms with Crippen LogP contribution in [-0.2, 0) is 11.4 Å². The van der Waals surface area contributed by atoms with Crippen LogP contribution in [0.2, 0.25) is 0 Å². The molecule has 0 aliphatic carbocycles. The molecule has 6 heteroatoms. The van der Waals surface area contributed by atoms with E-state index in [1.165, 1.54) is 23.9 Å². The number of benzene rings is 3. The van der Waals surface area contributed by atoms with Crippen LogP contribution in [0.15, 0.2) is 65.6 Å². The van der Waals surface area contributed by atoms with Crippen molar-refractivity contribution in [1.29, 1.82) is 0 Å². The summed E-state index contributed by atoms with van der Waals surface area (Å²) in [7, 11) is 0. The maximum Gasteiger partial charge on any atom is 0.263 e. The van der Waals surface area contributed by atoms with E-state index >= 15 is 0 Å². The number of nitrogens with one attached hydrogen (secondary N) is 1. The Hall–Kier alpha value is -2.70. The Bertz CT molecular complexity index is 1090. The molecular formula is C21H14FNO2S2. The highest BCUT2D eigenvalue weighted by Crippen LogP contribution is 2.34. The summed E-state index contributed by atoms with van der Waals surface area (Å²) in [5.74, 6) is 0.107. The van der Waals surface area contributed by atoms with E-state index in [1.807, 2.05) is 36.4 Å². The zero-order valence-electron chi connectivity index (χ0n) is 14.1. The molecule has 3 aromatic carbocycles. The van der Waals surface area contributed by atoms with E-state index < -0.39 is 0 Å². The molecule has 134 valence electrons. The fourth-order valence-electron chi connectivity index (χ4n) is 2.89. The molecule has 1 saturated heterocycles. The van der Waals surface area contributed by atoms with Crippen LogP contribution in [0.25, 0.3) is 16.8 Å². The molecule has 1 heterocycles. The van der Waals surface area contributed by atoms with Crippen molar-refractivity contribution in [2.24, 2.45) is 0 Å². The molecule has 1 fully saturated rings. The number of hydrogen-bond donors (Lipinski definition) is 1. The zero-order valence-corrected chi connectivity index (χ0v) is 15.7. The zero-order chi connectivity index (χ0) is 18.8. The summed E-state index contributed by atoms with van der Waals surface area (Å²) in [5.41, 5.74) is 1.53. The quantitative estimate of drug-likeness (QED) is 0.496. The first-order valence-corrected chi connectivity index (χ1v) is 9.46. The van der Waals surface area contributed by atoms with Gasteiger partial charge in [-0.3, -0.25) is 4.79 Å². The molecule has 0 bridgehead atoms. The summed E-state index contributed by atoms with van der Waals surface area (Å²) in [5, 5.41) is 4.62. The summed E-state index contributed by atoms with van der Waals surface area (Å²) in [6, 6.07) is 18.0. The fourth-order valence-corrected chi connectivity index (χ4v) is 3.92. The fraction of sp³-hybridized carbons (Fsp3) is 0.0476. The molecule has 0 spiro atoms. The number of halogens is 1. The Labute approximate surface area is 165 Å². The van der Waals surface area contributed by atoms with Crippen LogP contribution < -0.4 is 10.1 Å². The number of amides is 1. The second kappa shape index (κ2) is 7.50. The van der Waals surface area contributed by atoms with Crippen LogP contribution in [0, 0.1) is 5.82 Å². The van der Waals surface area contributed by atoms with Gasteiger partial charge in [0.25, 0.3) is 5.91 Å². The average Bonchev–Trinajstić information content (AvgIpc) is 2.98. The lowest BCUT2D eigenvalue weighted by molar-refractivity contribution is -0.115. The van der Waals surface area contributed by atoms with Crippen molar-refractivity contribution in [3.8, 4) is 5.75 Å². The lowest BCUT2D eigenvalue weighted by Gasteiger charge is -2.13. The second-order valence-electron chi connectivity index (χ2n) is 5.97. The molecule has 0 unspecified atom stereocenters. The lowest BCUT2D eigenvalue weighted by Crippen LogP contribution is -2.17. The predicted molar refractivity (Wildman–Crippen MR) is 111 cm³/mol. The van der Waals surface area contributed by atoms with Crippen molar-refractivity contribution >= 4 is 51.1 Å². The second-order valence-corrected chi connectivity index (χ2v) is 7.69. The third kappa shape index (κ3) is 3.86. The Balaban J connectivity index is 1.75. The largest absolute Gasteiger partial charge is 0.488 e. The van der Waals surface area contributed by atoms with Crippen LogP contribution in [0.1, 0.15) is 11.1 Å². The Kier molecular flexibility index (Phi) is 4.92. The van der Waals surface area contributed by atoms with E-state index in [1.54, 1.807) is 18.2 Å². The molecule has 0 atom stereocenters. The van der Waals surface area contributed by atoms with E-state index in [4.69, 9.17) is 17.0 Å². The molecule has 1 aliphatic heterocycles. The average molecular weight is 395 g/mol. The number of thioether (sulfide) groups is 1. The first kappa shape index (κ1) is 17.7. The first-order chi connectivity index (χ1) is 13.1. The third-order valence-electron chi connectivity index (χ3n) is 4.13. The molecule has 3 nitrogen and oxygen atoms in total. The van der Waals surface area contributed by atoms with Gasteiger partial charge >= 0.3 is 0 Å². The maximum absolute atomic E-state index is 13.4. The molecule has 1 amide bonds. The standard InChI is InChI=1S/C21H14FNO2S2/c22-15-6-3-4-13(10-15)12-25-18-9-8-14-5-1-2-7-16(14)17(18)11-19-20(24)23-21(26)27-19/h1-11H,12H2,(H,23,24,26)/b19-11-. The van der Waals surface area contributed by atoms with Crippen LogP contribution in [0.5, 0.6) is 5.75 Å². The van der Waals surface area contributed by atoms with E-state index in [9.17, 15) is 9.18 Å². The molecule has 0 aromatic heterocycles. The molecule has 27 heavy (non-hydrogen) atoms. The molecule has 1 aliphatic rings. The number of ether oxygens (including phenoxy) is 1. The van der Waals surface area contributed by atoms with Crippen molar-refractivity contribution in [3.63, 3.8) is 0 Å². The Morgan fingerprint density at radius 2 is 1.96 bits per heavy atom. The highest BCUT2D eigenvalue weighted by molar-refractivity contribution is 8.26. The van der Waals surface area contributed by atoms with Gasteiger partial charge in [0.15, 0.2) is 0 Å². The Morgan fingerprint density at radius 1 is 1.11 bits per heavy atom. The van der Waals surface area contributed by atoms with Gasteiger partial charge in [0, 0.05) is 5.56 Å². The summed E-state index contributed by atoms with van der Waals surface area (Å²) < 4.78 is 19.8. The van der Waals surface area contributed by atoms with Gasteiger partial charge in [-0.15, -0.1) is 0 Å². The number of carbonyl (C=O) groups excluding carboxylic acids is 1. The van der Waals surface area contributed by atoms with Crippen molar-refractivity contribution < 1.29 is 13.9 Å². The van der Waals surface area contributed by atoms with Crippen LogP contribution in [0.3, 0.4) is 0 Å². The van der Waals surface area contributed by atoms with E-state index in [0.717, 1.165) is 21.9 Å². The van der Waals surface area contributed by atoms with Gasteiger partial charge in [-0.05, 0) is 40.6 Å². The minimum absolute atomic E-state index is 0.214. The lowest BCUT2D eigenvalue weighted by atomic mass is 10.0. The normalized spacial score (nSPS) is 15.4. The van der Waals surface area contributed by atoms with Crippen LogP contribution in [-0.4, -0.2) is 10.2 Å². The monoisotopic (exact) mass is 395 g/mol. The summed E-state index contributed by atoms with van der Waals surface area (Å²) >= 11 is 6.30. The third-order valence-corrected chi connectivity index (χ3v) is 5.29. The van der Waals surface area contributed by atoms with Gasteiger partial charge in [0.2, 0.25) is 0 Å². The number of rotatable bonds is 4. The van der Waals surface area contributed by atoms with Crippen LogP contribution >= 0.6 is 24.0 Å². The first-order valence-electron chi connectivity index (χ1n) is 8.24. The predicted octanol–water partition coefficient (Wildman–Crippen LogP) is 5.05. The SMILES string of the molecule is O=C1NC(=S)S/C1=C\c1c(OCc2cccc(F)c2)ccc2ccccc12. The minimum Gasteiger partial charge on any atom is -0.488 e. The van der Waals surface area contributed by atoms with Crippen molar-refractivity contribution in [2.45, 2.75) is 6.61 Å². The molecule has 3 aromatic rings. The highest BCUT2D eigenvalue weighted by Gasteiger charge is 2.23. The topological polar surface area (TPSA) is 38.3 Å². The van der Waals surface area contributed by atoms with E-state index in [0.29, 0.717) is 15.0 Å². The van der Waals surface area contributed by atoms with E-state index in [2.05, 4.69) is 5.32 Å². The molecular weight excluding hydrogens is 381 g/mol. The smallest absolute Gasteiger partial charge is 0.263 e. The highest BCUT2D eigenvalue weighted by atomic mass is 32.2. The number of thiocarbonyl (C=S) groups is 1. The van der Waals surface area contributed by atoms with E-state index in [-0.39, 0.29) is 18.3 Å². The Morgan fingerprint density at radius 3 is 2.74 bits per heavy atom. The van der Waals surface area contributed by atoms with Gasteiger partial charge in [-0.25, -0.2) is 4.39 Å². The number of carbonyl (C=O) groups is 1. The molecule has 0 saturated carbocycles. The molecule has 1 N–H and O–H groups in total. The molecule has 0 radical (unpaired) electrons. The minimum atomic E-state index is -0.301. The summed E-state index contributed by atoms with van der Waals surface area (Å²) in [4.78, 5) is 12.6. The van der Waals surface area contributed by atoms with Gasteiger partial charge in [0.05, 0.1) is 4.91 Å². The van der Waals surface area contributed by atoms with Crippen molar-refractivity contribution in [2.75, 3.05) is 0 Å². The van der Waals surface area contributed by atoms with Gasteiger partial charge in [-0.2, -0.15) is 0 Å². The van der Waals surface area contributed by atoms with Crippen LogP contribution in [0.4, 0.5) is 4.39 Å².